The molecule has 0 saturated carbocycles. The number of nitrogens with one attached hydrogen (secondary N) is 2. The molecule has 2 aliphatic rings. The van der Waals surface area contributed by atoms with Gasteiger partial charge in [0.1, 0.15) is 0 Å². The lowest BCUT2D eigenvalue weighted by molar-refractivity contribution is 0.562. The van der Waals surface area contributed by atoms with Crippen LogP contribution in [0.2, 0.25) is 0 Å². The third kappa shape index (κ3) is 5.45. The highest BCUT2D eigenvalue weighted by molar-refractivity contribution is 5.44. The summed E-state index contributed by atoms with van der Waals surface area (Å²) in [6.07, 6.45) is 16.9. The van der Waals surface area contributed by atoms with Gasteiger partial charge in [0.15, 0.2) is 0 Å². The van der Waals surface area contributed by atoms with Gasteiger partial charge in [0.05, 0.1) is 0 Å². The van der Waals surface area contributed by atoms with Gasteiger partial charge in [-0.3, -0.25) is 0 Å². The van der Waals surface area contributed by atoms with E-state index in [0.29, 0.717) is 0 Å². The van der Waals surface area contributed by atoms with Crippen molar-refractivity contribution in [2.75, 3.05) is 0 Å². The number of isocyanates is 2. The lowest BCUT2D eigenvalue weighted by Gasteiger charge is -1.99. The average Bonchev–Trinajstić information content (AvgIpc) is 2.93. The Morgan fingerprint density at radius 1 is 0.875 bits per heavy atom. The van der Waals surface area contributed by atoms with Crippen molar-refractivity contribution in [2.24, 2.45) is 0 Å². The van der Waals surface area contributed by atoms with Crippen LogP contribution in [0.25, 0.3) is 0 Å². The van der Waals surface area contributed by atoms with E-state index in [0.717, 1.165) is 25.0 Å². The van der Waals surface area contributed by atoms with Crippen LogP contribution >= 0.6 is 0 Å². The van der Waals surface area contributed by atoms with Gasteiger partial charge in [0.25, 0.3) is 0 Å². The molecule has 0 aliphatic heterocycles. The Labute approximate surface area is 93.7 Å². The van der Waals surface area contributed by atoms with E-state index in [9.17, 15) is 0 Å². The first-order chi connectivity index (χ1) is 7.79. The molecule has 0 atom stereocenters. The van der Waals surface area contributed by atoms with Crippen LogP contribution in [0.5, 0.6) is 0 Å². The molecular weight excluding hydrogens is 204 g/mol. The average molecular weight is 216 g/mol. The van der Waals surface area contributed by atoms with E-state index in [-0.39, 0.29) is 0 Å². The normalized spacial score (nSPS) is 14.5. The van der Waals surface area contributed by atoms with Crippen molar-refractivity contribution in [1.29, 1.82) is 10.8 Å². The Balaban J connectivity index is 0.000000321. The minimum Gasteiger partial charge on any atom is -0.222 e. The molecule has 0 aromatic carbocycles. The summed E-state index contributed by atoms with van der Waals surface area (Å²) in [5, 5.41) is 10.8. The first kappa shape index (κ1) is 13.7. The van der Waals surface area contributed by atoms with Gasteiger partial charge in [0.2, 0.25) is 12.2 Å². The zero-order valence-corrected chi connectivity index (χ0v) is 8.69. The molecule has 2 aliphatic carbocycles. The summed E-state index contributed by atoms with van der Waals surface area (Å²) in [6, 6.07) is 0. The summed E-state index contributed by atoms with van der Waals surface area (Å²) in [5.74, 6) is 0. The van der Waals surface area contributed by atoms with E-state index < -0.39 is 0 Å². The fraction of sp³-hybridized carbons (Fsp3) is 0.167. The molecule has 0 fully saturated rings. The molecule has 0 saturated heterocycles. The zero-order valence-electron chi connectivity index (χ0n) is 8.69. The molecule has 16 heavy (non-hydrogen) atoms. The van der Waals surface area contributed by atoms with Gasteiger partial charge in [-0.1, -0.05) is 36.5 Å². The first-order valence-electron chi connectivity index (χ1n) is 4.59. The van der Waals surface area contributed by atoms with Gasteiger partial charge in [-0.25, -0.2) is 20.4 Å². The second-order valence-corrected chi connectivity index (χ2v) is 2.85. The van der Waals surface area contributed by atoms with E-state index >= 15 is 0 Å². The predicted molar refractivity (Wildman–Crippen MR) is 60.5 cm³/mol. The topological polar surface area (TPSA) is 81.8 Å². The molecule has 0 amide bonds. The molecule has 0 radical (unpaired) electrons. The first-order valence-corrected chi connectivity index (χ1v) is 4.59. The monoisotopic (exact) mass is 216 g/mol. The SMILES string of the molecule is C1=CCC(C2=CC=CC2)=C1.N=C=O.N=C=O. The van der Waals surface area contributed by atoms with Gasteiger partial charge >= 0.3 is 0 Å². The van der Waals surface area contributed by atoms with E-state index in [4.69, 9.17) is 20.4 Å². The van der Waals surface area contributed by atoms with Crippen LogP contribution in [0.1, 0.15) is 12.8 Å². The number of allylic oxidation sites excluding steroid dienone is 8. The van der Waals surface area contributed by atoms with Gasteiger partial charge in [-0.05, 0) is 24.0 Å². The molecule has 0 aromatic heterocycles. The van der Waals surface area contributed by atoms with Crippen LogP contribution in [0.15, 0.2) is 47.6 Å². The van der Waals surface area contributed by atoms with E-state index in [1.807, 2.05) is 0 Å². The van der Waals surface area contributed by atoms with Crippen molar-refractivity contribution in [3.63, 3.8) is 0 Å². The van der Waals surface area contributed by atoms with E-state index in [1.165, 1.54) is 11.1 Å². The Bertz CT molecular complexity index is 363. The summed E-state index contributed by atoms with van der Waals surface area (Å²) in [5.41, 5.74) is 2.98. The molecule has 0 heterocycles. The fourth-order valence-corrected chi connectivity index (χ4v) is 1.37. The van der Waals surface area contributed by atoms with Crippen LogP contribution < -0.4 is 0 Å². The molecule has 4 nitrogen and oxygen atoms in total. The van der Waals surface area contributed by atoms with E-state index in [1.54, 1.807) is 0 Å². The van der Waals surface area contributed by atoms with Crippen LogP contribution in [0.3, 0.4) is 0 Å². The van der Waals surface area contributed by atoms with Gasteiger partial charge in [-0.2, -0.15) is 0 Å². The van der Waals surface area contributed by atoms with E-state index in [2.05, 4.69) is 36.5 Å². The van der Waals surface area contributed by atoms with Crippen LogP contribution in [-0.4, -0.2) is 12.2 Å². The number of hydrogen-bond donors (Lipinski definition) is 2. The molecule has 2 N–H and O–H groups in total. The van der Waals surface area contributed by atoms with Gasteiger partial charge < -0.3 is 0 Å². The smallest absolute Gasteiger partial charge is 0.222 e. The highest BCUT2D eigenvalue weighted by Gasteiger charge is 2.05. The summed E-state index contributed by atoms with van der Waals surface area (Å²) in [4.78, 5) is 16.7. The van der Waals surface area contributed by atoms with Crippen molar-refractivity contribution in [1.82, 2.24) is 0 Å². The largest absolute Gasteiger partial charge is 0.231 e. The minimum atomic E-state index is 0.750. The number of carbonyl (C=O) groups excluding carboxylic acids is 2. The van der Waals surface area contributed by atoms with Gasteiger partial charge in [-0.15, -0.1) is 0 Å². The van der Waals surface area contributed by atoms with Crippen molar-refractivity contribution in [3.8, 4) is 0 Å². The molecule has 0 bridgehead atoms. The Hall–Kier alpha value is -2.28. The van der Waals surface area contributed by atoms with Crippen LogP contribution in [0, 0.1) is 10.8 Å². The maximum atomic E-state index is 8.35. The lowest BCUT2D eigenvalue weighted by Crippen LogP contribution is -1.80. The molecule has 82 valence electrons. The summed E-state index contributed by atoms with van der Waals surface area (Å²) in [7, 11) is 0. The standard InChI is InChI=1S/C10H10.2CHNO/c1-2-6-9(5-1)10-7-3-4-8-10;2*2-1-3/h1-5,7H,6,8H2;2*2H. The van der Waals surface area contributed by atoms with Crippen molar-refractivity contribution in [3.05, 3.63) is 47.6 Å². The summed E-state index contributed by atoms with van der Waals surface area (Å²) in [6.45, 7) is 0. The maximum Gasteiger partial charge on any atom is 0.231 e. The second kappa shape index (κ2) is 9.28. The second-order valence-electron chi connectivity index (χ2n) is 2.85. The number of rotatable bonds is 1. The Kier molecular flexibility index (Phi) is 7.96. The summed E-state index contributed by atoms with van der Waals surface area (Å²) < 4.78 is 0. The Morgan fingerprint density at radius 3 is 1.38 bits per heavy atom. The highest BCUT2D eigenvalue weighted by Crippen LogP contribution is 2.25. The zero-order chi connectivity index (χ0) is 12.2. The maximum absolute atomic E-state index is 8.35. The molecule has 4 heteroatoms. The summed E-state index contributed by atoms with van der Waals surface area (Å²) >= 11 is 0. The number of hydrogen-bond acceptors (Lipinski definition) is 4. The van der Waals surface area contributed by atoms with Gasteiger partial charge in [0, 0.05) is 0 Å². The predicted octanol–water partition coefficient (Wildman–Crippen LogP) is 2.56. The quantitative estimate of drug-likeness (QED) is 0.521. The molecular formula is C12H12N2O2. The third-order valence-corrected chi connectivity index (χ3v) is 1.95. The molecule has 0 aromatic rings. The minimum absolute atomic E-state index is 0.750. The van der Waals surface area contributed by atoms with Crippen LogP contribution in [-0.2, 0) is 9.59 Å². The molecule has 0 unspecified atom stereocenters. The van der Waals surface area contributed by atoms with Crippen LogP contribution in [0.4, 0.5) is 0 Å². The molecule has 0 spiro atoms. The fourth-order valence-electron chi connectivity index (χ4n) is 1.37. The van der Waals surface area contributed by atoms with Crippen molar-refractivity contribution < 1.29 is 9.59 Å². The molecule has 2 rings (SSSR count). The van der Waals surface area contributed by atoms with Crippen molar-refractivity contribution in [2.45, 2.75) is 12.8 Å². The van der Waals surface area contributed by atoms with Crippen molar-refractivity contribution >= 4 is 12.2 Å². The third-order valence-electron chi connectivity index (χ3n) is 1.95. The highest BCUT2D eigenvalue weighted by atomic mass is 16.1. The Morgan fingerprint density at radius 2 is 1.19 bits per heavy atom. The lowest BCUT2D eigenvalue weighted by atomic mass is 10.1.